The van der Waals surface area contributed by atoms with E-state index < -0.39 is 0 Å². The van der Waals surface area contributed by atoms with Crippen LogP contribution in [0.25, 0.3) is 6.08 Å². The lowest BCUT2D eigenvalue weighted by Gasteiger charge is -2.28. The molecule has 3 rings (SSSR count). The van der Waals surface area contributed by atoms with E-state index in [1.54, 1.807) is 17.4 Å². The number of aryl methyl sites for hydroxylation is 2. The summed E-state index contributed by atoms with van der Waals surface area (Å²) in [5.41, 5.74) is 4.14. The second-order valence-electron chi connectivity index (χ2n) is 7.13. The predicted molar refractivity (Wildman–Crippen MR) is 116 cm³/mol. The average molecular weight is 394 g/mol. The molecule has 0 bridgehead atoms. The molecule has 0 aliphatic heterocycles. The van der Waals surface area contributed by atoms with Crippen LogP contribution in [0.2, 0.25) is 0 Å². The normalized spacial score (nSPS) is 12.4. The Morgan fingerprint density at radius 2 is 1.96 bits per heavy atom. The van der Waals surface area contributed by atoms with Gasteiger partial charge in [-0.25, -0.2) is 0 Å². The summed E-state index contributed by atoms with van der Waals surface area (Å²) in [5, 5.41) is 6.51. The molecule has 2 aromatic heterocycles. The number of nitrogens with zero attached hydrogens (tertiary/aromatic N) is 3. The highest BCUT2D eigenvalue weighted by Crippen LogP contribution is 2.18. The number of rotatable bonds is 7. The fourth-order valence-electron chi connectivity index (χ4n) is 3.34. The van der Waals surface area contributed by atoms with Gasteiger partial charge < -0.3 is 4.90 Å². The quantitative estimate of drug-likeness (QED) is 0.542. The first kappa shape index (κ1) is 20.1. The molecule has 0 aliphatic rings. The fourth-order valence-corrected chi connectivity index (χ4v) is 4.17. The van der Waals surface area contributed by atoms with E-state index in [0.29, 0.717) is 6.54 Å². The number of aromatic nitrogens is 2. The van der Waals surface area contributed by atoms with E-state index in [-0.39, 0.29) is 11.9 Å². The maximum Gasteiger partial charge on any atom is 0.247 e. The van der Waals surface area contributed by atoms with Crippen molar-refractivity contribution in [2.24, 2.45) is 7.05 Å². The van der Waals surface area contributed by atoms with Gasteiger partial charge in [-0.1, -0.05) is 36.4 Å². The molecule has 1 atom stereocenters. The van der Waals surface area contributed by atoms with Gasteiger partial charge in [0, 0.05) is 48.3 Å². The van der Waals surface area contributed by atoms with Gasteiger partial charge in [-0.15, -0.1) is 11.3 Å². The highest BCUT2D eigenvalue weighted by Gasteiger charge is 2.20. The third-order valence-electron chi connectivity index (χ3n) is 5.05. The van der Waals surface area contributed by atoms with E-state index in [9.17, 15) is 4.79 Å². The fraction of sp³-hybridized carbons (Fsp3) is 0.304. The number of benzene rings is 1. The van der Waals surface area contributed by atoms with Gasteiger partial charge in [-0.2, -0.15) is 5.10 Å². The van der Waals surface area contributed by atoms with Crippen LogP contribution in [0.3, 0.4) is 0 Å². The minimum atomic E-state index is 0.0237. The molecule has 0 radical (unpaired) electrons. The zero-order chi connectivity index (χ0) is 20.1. The molecular formula is C23H27N3OS. The molecule has 146 valence electrons. The van der Waals surface area contributed by atoms with Crippen LogP contribution in [0.15, 0.2) is 53.9 Å². The van der Waals surface area contributed by atoms with Crippen molar-refractivity contribution in [3.05, 3.63) is 81.3 Å². The zero-order valence-electron chi connectivity index (χ0n) is 16.9. The van der Waals surface area contributed by atoms with Crippen molar-refractivity contribution < 1.29 is 4.79 Å². The molecule has 0 N–H and O–H groups in total. The van der Waals surface area contributed by atoms with Crippen LogP contribution in [-0.2, 0) is 24.8 Å². The predicted octanol–water partition coefficient (Wildman–Crippen LogP) is 4.77. The number of hydrogen-bond donors (Lipinski definition) is 0. The van der Waals surface area contributed by atoms with Gasteiger partial charge in [-0.05, 0) is 43.9 Å². The summed E-state index contributed by atoms with van der Waals surface area (Å²) in [7, 11) is 1.92. The minimum absolute atomic E-state index is 0.0237. The number of amides is 1. The summed E-state index contributed by atoms with van der Waals surface area (Å²) in [4.78, 5) is 16.4. The molecule has 0 spiro atoms. The molecular weight excluding hydrogens is 366 g/mol. The monoisotopic (exact) mass is 393 g/mol. The van der Waals surface area contributed by atoms with E-state index >= 15 is 0 Å². The second kappa shape index (κ2) is 9.02. The third-order valence-corrected chi connectivity index (χ3v) is 5.94. The second-order valence-corrected chi connectivity index (χ2v) is 8.16. The molecule has 0 aliphatic carbocycles. The standard InChI is InChI=1S/C23H27N3OS/c1-17(15-21-11-8-14-28-21)26(16-20-9-6-5-7-10-20)23(27)13-12-22-18(2)24-25(4)19(22)3/h5-14,17H,15-16H2,1-4H3. The number of hydrogen-bond acceptors (Lipinski definition) is 3. The van der Waals surface area contributed by atoms with Gasteiger partial charge >= 0.3 is 0 Å². The van der Waals surface area contributed by atoms with Gasteiger partial charge in [0.2, 0.25) is 5.91 Å². The van der Waals surface area contributed by atoms with Crippen LogP contribution < -0.4 is 0 Å². The Morgan fingerprint density at radius 3 is 2.57 bits per heavy atom. The first-order chi connectivity index (χ1) is 13.5. The summed E-state index contributed by atoms with van der Waals surface area (Å²) >= 11 is 1.74. The van der Waals surface area contributed by atoms with Crippen LogP contribution in [0.4, 0.5) is 0 Å². The molecule has 3 aromatic rings. The van der Waals surface area contributed by atoms with Crippen molar-refractivity contribution in [3.63, 3.8) is 0 Å². The molecule has 4 nitrogen and oxygen atoms in total. The lowest BCUT2D eigenvalue weighted by molar-refractivity contribution is -0.128. The van der Waals surface area contributed by atoms with E-state index in [1.165, 1.54) is 4.88 Å². The van der Waals surface area contributed by atoms with Crippen molar-refractivity contribution in [1.29, 1.82) is 0 Å². The van der Waals surface area contributed by atoms with Gasteiger partial charge in [0.05, 0.1) is 5.69 Å². The van der Waals surface area contributed by atoms with Crippen molar-refractivity contribution in [2.45, 2.75) is 39.8 Å². The smallest absolute Gasteiger partial charge is 0.247 e. The van der Waals surface area contributed by atoms with Gasteiger partial charge in [0.25, 0.3) is 0 Å². The summed E-state index contributed by atoms with van der Waals surface area (Å²) in [6, 6.07) is 14.5. The molecule has 2 heterocycles. The summed E-state index contributed by atoms with van der Waals surface area (Å²) in [6.07, 6.45) is 4.44. The van der Waals surface area contributed by atoms with E-state index in [0.717, 1.165) is 28.9 Å². The topological polar surface area (TPSA) is 38.1 Å². The first-order valence-corrected chi connectivity index (χ1v) is 10.4. The lowest BCUT2D eigenvalue weighted by atomic mass is 10.1. The highest BCUT2D eigenvalue weighted by molar-refractivity contribution is 7.09. The van der Waals surface area contributed by atoms with Gasteiger partial charge in [-0.3, -0.25) is 9.48 Å². The molecule has 0 fully saturated rings. The molecule has 0 saturated carbocycles. The highest BCUT2D eigenvalue weighted by atomic mass is 32.1. The maximum absolute atomic E-state index is 13.1. The number of carbonyl (C=O) groups excluding carboxylic acids is 1. The summed E-state index contributed by atoms with van der Waals surface area (Å²) < 4.78 is 1.85. The molecule has 1 aromatic carbocycles. The molecule has 0 saturated heterocycles. The number of carbonyl (C=O) groups is 1. The van der Waals surface area contributed by atoms with Crippen LogP contribution in [0.5, 0.6) is 0 Å². The third kappa shape index (κ3) is 4.78. The van der Waals surface area contributed by atoms with Gasteiger partial charge in [0.15, 0.2) is 0 Å². The van der Waals surface area contributed by atoms with Crippen LogP contribution in [0, 0.1) is 13.8 Å². The van der Waals surface area contributed by atoms with Crippen LogP contribution >= 0.6 is 11.3 Å². The number of thiophene rings is 1. The van der Waals surface area contributed by atoms with E-state index in [4.69, 9.17) is 0 Å². The molecule has 5 heteroatoms. The minimum Gasteiger partial charge on any atom is -0.332 e. The van der Waals surface area contributed by atoms with E-state index in [1.807, 2.05) is 54.8 Å². The van der Waals surface area contributed by atoms with Crippen molar-refractivity contribution >= 4 is 23.3 Å². The lowest BCUT2D eigenvalue weighted by Crippen LogP contribution is -2.38. The summed E-state index contributed by atoms with van der Waals surface area (Å²) in [6.45, 7) is 6.71. The van der Waals surface area contributed by atoms with Crippen LogP contribution in [0.1, 0.15) is 34.3 Å². The maximum atomic E-state index is 13.1. The summed E-state index contributed by atoms with van der Waals surface area (Å²) in [5.74, 6) is 0.0237. The zero-order valence-corrected chi connectivity index (χ0v) is 17.7. The van der Waals surface area contributed by atoms with E-state index in [2.05, 4.69) is 41.7 Å². The Labute approximate surface area is 171 Å². The molecule has 1 amide bonds. The molecule has 1 unspecified atom stereocenters. The Hall–Kier alpha value is -2.66. The van der Waals surface area contributed by atoms with Gasteiger partial charge in [0.1, 0.15) is 0 Å². The van der Waals surface area contributed by atoms with Crippen molar-refractivity contribution in [2.75, 3.05) is 0 Å². The van der Waals surface area contributed by atoms with Crippen molar-refractivity contribution in [3.8, 4) is 0 Å². The van der Waals surface area contributed by atoms with Crippen LogP contribution in [-0.4, -0.2) is 26.6 Å². The Bertz CT molecular complexity index is 942. The largest absolute Gasteiger partial charge is 0.332 e. The first-order valence-electron chi connectivity index (χ1n) is 9.51. The molecule has 28 heavy (non-hydrogen) atoms. The average Bonchev–Trinajstić information content (AvgIpc) is 3.27. The Morgan fingerprint density at radius 1 is 1.21 bits per heavy atom. The Kier molecular flexibility index (Phi) is 6.47. The Balaban J connectivity index is 1.82. The van der Waals surface area contributed by atoms with Crippen molar-refractivity contribution in [1.82, 2.24) is 14.7 Å². The SMILES string of the molecule is Cc1nn(C)c(C)c1C=CC(=O)N(Cc1ccccc1)C(C)Cc1cccs1.